The first-order chi connectivity index (χ1) is 8.13. The second-order valence-corrected chi connectivity index (χ2v) is 6.56. The van der Waals surface area contributed by atoms with Gasteiger partial charge in [0.1, 0.15) is 0 Å². The summed E-state index contributed by atoms with van der Waals surface area (Å²) in [4.78, 5) is 0. The Morgan fingerprint density at radius 3 is 2.29 bits per heavy atom. The summed E-state index contributed by atoms with van der Waals surface area (Å²) < 4.78 is 11.9. The van der Waals surface area contributed by atoms with Gasteiger partial charge in [0.2, 0.25) is 0 Å². The fourth-order valence-corrected chi connectivity index (χ4v) is 3.94. The normalized spacial score (nSPS) is 37.2. The van der Waals surface area contributed by atoms with Crippen molar-refractivity contribution in [2.24, 2.45) is 5.41 Å². The van der Waals surface area contributed by atoms with E-state index in [1.807, 2.05) is 0 Å². The topological polar surface area (TPSA) is 18.5 Å². The van der Waals surface area contributed by atoms with Gasteiger partial charge in [-0.25, -0.2) is 0 Å². The summed E-state index contributed by atoms with van der Waals surface area (Å²) in [6.45, 7) is 5.24. The Morgan fingerprint density at radius 1 is 1.18 bits per heavy atom. The lowest BCUT2D eigenvalue weighted by Crippen LogP contribution is -2.37. The van der Waals surface area contributed by atoms with Crippen LogP contribution in [-0.2, 0) is 9.47 Å². The van der Waals surface area contributed by atoms with Gasteiger partial charge in [-0.2, -0.15) is 0 Å². The van der Waals surface area contributed by atoms with Gasteiger partial charge in [0, 0.05) is 10.7 Å². The molecule has 0 amide bonds. The van der Waals surface area contributed by atoms with E-state index >= 15 is 0 Å². The maximum absolute atomic E-state index is 6.19. The third kappa shape index (κ3) is 3.68. The average Bonchev–Trinajstić information content (AvgIpc) is 2.74. The minimum Gasteiger partial charge on any atom is -0.377 e. The van der Waals surface area contributed by atoms with Crippen LogP contribution in [0.25, 0.3) is 0 Å². The minimum atomic E-state index is 0.354. The Morgan fingerprint density at radius 2 is 1.76 bits per heavy atom. The van der Waals surface area contributed by atoms with Crippen molar-refractivity contribution in [3.8, 4) is 0 Å². The van der Waals surface area contributed by atoms with Crippen molar-refractivity contribution in [2.45, 2.75) is 70.7 Å². The van der Waals surface area contributed by atoms with Crippen molar-refractivity contribution in [1.82, 2.24) is 0 Å². The number of ether oxygens (including phenoxy) is 2. The molecule has 1 saturated heterocycles. The lowest BCUT2D eigenvalue weighted by atomic mass is 9.90. The molecule has 0 bridgehead atoms. The highest BCUT2D eigenvalue weighted by molar-refractivity contribution is 9.09. The molecule has 100 valence electrons. The molecule has 1 aliphatic heterocycles. The predicted molar refractivity (Wildman–Crippen MR) is 73.7 cm³/mol. The van der Waals surface area contributed by atoms with E-state index in [-0.39, 0.29) is 0 Å². The molecule has 17 heavy (non-hydrogen) atoms. The van der Waals surface area contributed by atoms with Crippen LogP contribution in [0.4, 0.5) is 0 Å². The second-order valence-electron chi connectivity index (χ2n) is 6.00. The monoisotopic (exact) mass is 304 g/mol. The van der Waals surface area contributed by atoms with Gasteiger partial charge in [-0.1, -0.05) is 28.8 Å². The van der Waals surface area contributed by atoms with Crippen LogP contribution < -0.4 is 0 Å². The van der Waals surface area contributed by atoms with Crippen LogP contribution in [0.2, 0.25) is 0 Å². The largest absolute Gasteiger partial charge is 0.377 e. The molecule has 1 heterocycles. The molecule has 0 spiro atoms. The Kier molecular flexibility index (Phi) is 4.90. The van der Waals surface area contributed by atoms with Gasteiger partial charge in [-0.15, -0.1) is 0 Å². The number of halogens is 1. The smallest absolute Gasteiger partial charge is 0.0624 e. The summed E-state index contributed by atoms with van der Waals surface area (Å²) in [5.41, 5.74) is 0.421. The minimum absolute atomic E-state index is 0.354. The molecule has 0 radical (unpaired) electrons. The van der Waals surface area contributed by atoms with E-state index in [9.17, 15) is 0 Å². The number of hydrogen-bond donors (Lipinski definition) is 0. The zero-order valence-corrected chi connectivity index (χ0v) is 12.7. The first-order valence-corrected chi connectivity index (χ1v) is 8.09. The molecule has 0 N–H and O–H groups in total. The fraction of sp³-hybridized carbons (Fsp3) is 1.00. The van der Waals surface area contributed by atoms with E-state index in [1.54, 1.807) is 0 Å². The fourth-order valence-electron chi connectivity index (χ4n) is 3.22. The van der Waals surface area contributed by atoms with Crippen LogP contribution in [0, 0.1) is 5.41 Å². The van der Waals surface area contributed by atoms with Gasteiger partial charge in [-0.3, -0.25) is 0 Å². The molecule has 1 saturated carbocycles. The lowest BCUT2D eigenvalue weighted by molar-refractivity contribution is -0.113. The van der Waals surface area contributed by atoms with Crippen molar-refractivity contribution in [3.05, 3.63) is 0 Å². The molecule has 0 aromatic heterocycles. The summed E-state index contributed by atoms with van der Waals surface area (Å²) in [5, 5.41) is 1.09. The van der Waals surface area contributed by atoms with Gasteiger partial charge >= 0.3 is 0 Å². The van der Waals surface area contributed by atoms with E-state index < -0.39 is 0 Å². The Balaban J connectivity index is 1.80. The summed E-state index contributed by atoms with van der Waals surface area (Å²) in [5.74, 6) is 0. The second kappa shape index (κ2) is 6.03. The highest BCUT2D eigenvalue weighted by Gasteiger charge is 2.35. The number of alkyl halides is 1. The zero-order chi connectivity index (χ0) is 12.3. The third-order valence-corrected chi connectivity index (χ3v) is 5.42. The SMILES string of the molecule is CC1CC(OCC2(CBr)CCCC2)CC(C)O1. The van der Waals surface area contributed by atoms with Crippen molar-refractivity contribution < 1.29 is 9.47 Å². The van der Waals surface area contributed by atoms with Crippen LogP contribution in [0.3, 0.4) is 0 Å². The van der Waals surface area contributed by atoms with Crippen molar-refractivity contribution in [2.75, 3.05) is 11.9 Å². The van der Waals surface area contributed by atoms with Crippen LogP contribution in [0.5, 0.6) is 0 Å². The first-order valence-electron chi connectivity index (χ1n) is 6.96. The quantitative estimate of drug-likeness (QED) is 0.733. The Hall–Kier alpha value is 0.400. The average molecular weight is 305 g/mol. The van der Waals surface area contributed by atoms with Gasteiger partial charge in [0.05, 0.1) is 24.9 Å². The standard InChI is InChI=1S/C14H25BrO2/c1-11-7-13(8-12(2)17-11)16-10-14(9-15)5-3-4-6-14/h11-13H,3-10H2,1-2H3. The van der Waals surface area contributed by atoms with Crippen LogP contribution >= 0.6 is 15.9 Å². The maximum Gasteiger partial charge on any atom is 0.0624 e. The molecule has 3 heteroatoms. The molecule has 1 aliphatic carbocycles. The molecular formula is C14H25BrO2. The summed E-state index contributed by atoms with van der Waals surface area (Å²) in [6, 6.07) is 0. The molecule has 2 nitrogen and oxygen atoms in total. The van der Waals surface area contributed by atoms with Crippen LogP contribution in [0.1, 0.15) is 52.4 Å². The van der Waals surface area contributed by atoms with E-state index in [0.29, 0.717) is 23.7 Å². The molecule has 2 atom stereocenters. The highest BCUT2D eigenvalue weighted by Crippen LogP contribution is 2.40. The third-order valence-electron chi connectivity index (χ3n) is 4.23. The zero-order valence-electron chi connectivity index (χ0n) is 11.1. The molecule has 0 aromatic rings. The first kappa shape index (κ1) is 13.8. The van der Waals surface area contributed by atoms with Gasteiger partial charge < -0.3 is 9.47 Å². The van der Waals surface area contributed by atoms with Gasteiger partial charge in [0.25, 0.3) is 0 Å². The van der Waals surface area contributed by atoms with Crippen molar-refractivity contribution in [1.29, 1.82) is 0 Å². The molecule has 0 aromatic carbocycles. The predicted octanol–water partition coefficient (Wildman–Crippen LogP) is 3.91. The van der Waals surface area contributed by atoms with E-state index in [1.165, 1.54) is 25.7 Å². The van der Waals surface area contributed by atoms with Gasteiger partial charge in [-0.05, 0) is 39.5 Å². The molecule has 2 unspecified atom stereocenters. The number of rotatable bonds is 4. The molecule has 2 rings (SSSR count). The number of hydrogen-bond acceptors (Lipinski definition) is 2. The molecule has 2 aliphatic rings. The van der Waals surface area contributed by atoms with Crippen molar-refractivity contribution >= 4 is 15.9 Å². The summed E-state index contributed by atoms with van der Waals surface area (Å²) in [7, 11) is 0. The molecule has 2 fully saturated rings. The van der Waals surface area contributed by atoms with Crippen LogP contribution in [0.15, 0.2) is 0 Å². The highest BCUT2D eigenvalue weighted by atomic mass is 79.9. The van der Waals surface area contributed by atoms with Crippen molar-refractivity contribution in [3.63, 3.8) is 0 Å². The van der Waals surface area contributed by atoms with E-state index in [0.717, 1.165) is 24.8 Å². The van der Waals surface area contributed by atoms with Crippen LogP contribution in [-0.4, -0.2) is 30.2 Å². The molecular weight excluding hydrogens is 280 g/mol. The maximum atomic E-state index is 6.19. The van der Waals surface area contributed by atoms with E-state index in [2.05, 4.69) is 29.8 Å². The summed E-state index contributed by atoms with van der Waals surface area (Å²) in [6.07, 6.45) is 8.63. The summed E-state index contributed by atoms with van der Waals surface area (Å²) >= 11 is 3.68. The van der Waals surface area contributed by atoms with Gasteiger partial charge in [0.15, 0.2) is 0 Å². The van der Waals surface area contributed by atoms with E-state index in [4.69, 9.17) is 9.47 Å². The lowest BCUT2D eigenvalue weighted by Gasteiger charge is -2.35. The Bertz CT molecular complexity index is 228. The Labute approximate surface area is 114 Å².